The van der Waals surface area contributed by atoms with Crippen LogP contribution < -0.4 is 0 Å². The maximum absolute atomic E-state index is 12.1. The van der Waals surface area contributed by atoms with Crippen molar-refractivity contribution in [2.75, 3.05) is 13.1 Å². The lowest BCUT2D eigenvalue weighted by atomic mass is 10.1. The van der Waals surface area contributed by atoms with E-state index in [1.54, 1.807) is 11.3 Å². The lowest BCUT2D eigenvalue weighted by Gasteiger charge is -2.21. The van der Waals surface area contributed by atoms with Gasteiger partial charge in [-0.3, -0.25) is 9.69 Å². The van der Waals surface area contributed by atoms with Gasteiger partial charge in [-0.1, -0.05) is 19.9 Å². The highest BCUT2D eigenvalue weighted by Gasteiger charge is 2.30. The summed E-state index contributed by atoms with van der Waals surface area (Å²) < 4.78 is 0. The minimum atomic E-state index is 0.288. The molecule has 94 valence electrons. The Balaban J connectivity index is 1.87. The van der Waals surface area contributed by atoms with Crippen molar-refractivity contribution in [2.24, 2.45) is 5.92 Å². The maximum atomic E-state index is 12.1. The molecule has 0 bridgehead atoms. The van der Waals surface area contributed by atoms with Crippen molar-refractivity contribution in [1.82, 2.24) is 4.90 Å². The van der Waals surface area contributed by atoms with E-state index in [1.807, 2.05) is 17.5 Å². The van der Waals surface area contributed by atoms with Crippen molar-refractivity contribution in [3.63, 3.8) is 0 Å². The number of hydrogen-bond donors (Lipinski definition) is 0. The van der Waals surface area contributed by atoms with Gasteiger partial charge in [-0.25, -0.2) is 0 Å². The third-order valence-corrected chi connectivity index (χ3v) is 4.11. The molecule has 0 N–H and O–H groups in total. The molecule has 0 unspecified atom stereocenters. The van der Waals surface area contributed by atoms with Gasteiger partial charge < -0.3 is 0 Å². The number of ketones is 1. The first-order valence-corrected chi connectivity index (χ1v) is 7.35. The van der Waals surface area contributed by atoms with Crippen molar-refractivity contribution >= 4 is 17.1 Å². The van der Waals surface area contributed by atoms with Crippen LogP contribution in [-0.2, 0) is 0 Å². The van der Waals surface area contributed by atoms with E-state index in [9.17, 15) is 4.79 Å². The predicted octanol–water partition coefficient (Wildman–Crippen LogP) is 3.44. The van der Waals surface area contributed by atoms with E-state index < -0.39 is 0 Å². The Bertz CT molecular complexity index is 354. The Labute approximate surface area is 108 Å². The quantitative estimate of drug-likeness (QED) is 0.692. The van der Waals surface area contributed by atoms with Gasteiger partial charge in [0.1, 0.15) is 0 Å². The van der Waals surface area contributed by atoms with E-state index in [0.29, 0.717) is 18.5 Å². The molecule has 1 heterocycles. The Hall–Kier alpha value is -0.670. The average molecular weight is 251 g/mol. The van der Waals surface area contributed by atoms with Crippen molar-refractivity contribution < 1.29 is 4.79 Å². The van der Waals surface area contributed by atoms with Crippen LogP contribution in [0.3, 0.4) is 0 Å². The minimum Gasteiger partial charge on any atom is -0.293 e. The highest BCUT2D eigenvalue weighted by atomic mass is 32.1. The number of carbonyl (C=O) groups is 1. The fraction of sp³-hybridized carbons (Fsp3) is 0.643. The van der Waals surface area contributed by atoms with Gasteiger partial charge in [0.2, 0.25) is 0 Å². The highest BCUT2D eigenvalue weighted by molar-refractivity contribution is 7.12. The summed E-state index contributed by atoms with van der Waals surface area (Å²) in [5.74, 6) is 1.00. The first-order valence-electron chi connectivity index (χ1n) is 6.47. The average Bonchev–Trinajstić information content (AvgIpc) is 2.98. The van der Waals surface area contributed by atoms with Gasteiger partial charge in [0, 0.05) is 6.04 Å². The number of carbonyl (C=O) groups excluding carboxylic acids is 1. The number of Topliss-reactive ketones (excluding diaryl/α,β-unsaturated/α-hetero) is 1. The SMILES string of the molecule is CC(C)CCN(CC(=O)c1cccs1)C1CC1. The zero-order valence-electron chi connectivity index (χ0n) is 10.7. The molecular weight excluding hydrogens is 230 g/mol. The topological polar surface area (TPSA) is 20.3 Å². The van der Waals surface area contributed by atoms with Gasteiger partial charge in [-0.2, -0.15) is 0 Å². The van der Waals surface area contributed by atoms with E-state index in [2.05, 4.69) is 18.7 Å². The van der Waals surface area contributed by atoms with Crippen LogP contribution in [0.4, 0.5) is 0 Å². The van der Waals surface area contributed by atoms with Crippen LogP contribution in [0.25, 0.3) is 0 Å². The van der Waals surface area contributed by atoms with Crippen molar-refractivity contribution in [3.05, 3.63) is 22.4 Å². The predicted molar refractivity (Wildman–Crippen MR) is 72.7 cm³/mol. The lowest BCUT2D eigenvalue weighted by Crippen LogP contribution is -2.33. The summed E-state index contributed by atoms with van der Waals surface area (Å²) in [6.07, 6.45) is 3.74. The van der Waals surface area contributed by atoms with Crippen LogP contribution in [0.1, 0.15) is 42.8 Å². The van der Waals surface area contributed by atoms with Gasteiger partial charge in [0.15, 0.2) is 5.78 Å². The first kappa shape index (κ1) is 12.8. The highest BCUT2D eigenvalue weighted by Crippen LogP contribution is 2.27. The van der Waals surface area contributed by atoms with Crippen LogP contribution in [0.5, 0.6) is 0 Å². The van der Waals surface area contributed by atoms with Crippen LogP contribution >= 0.6 is 11.3 Å². The van der Waals surface area contributed by atoms with E-state index in [0.717, 1.165) is 11.4 Å². The van der Waals surface area contributed by atoms with Crippen LogP contribution in [-0.4, -0.2) is 29.8 Å². The smallest absolute Gasteiger partial charge is 0.186 e. The molecule has 1 aromatic rings. The Morgan fingerprint density at radius 3 is 2.82 bits per heavy atom. The first-order chi connectivity index (χ1) is 8.16. The Morgan fingerprint density at radius 1 is 1.53 bits per heavy atom. The normalized spacial score (nSPS) is 15.8. The minimum absolute atomic E-state index is 0.288. The van der Waals surface area contributed by atoms with Crippen LogP contribution in [0.2, 0.25) is 0 Å². The maximum Gasteiger partial charge on any atom is 0.186 e. The molecule has 1 aliphatic carbocycles. The fourth-order valence-electron chi connectivity index (χ4n) is 1.95. The van der Waals surface area contributed by atoms with Gasteiger partial charge >= 0.3 is 0 Å². The summed E-state index contributed by atoms with van der Waals surface area (Å²) in [5.41, 5.74) is 0. The zero-order chi connectivity index (χ0) is 12.3. The van der Waals surface area contributed by atoms with E-state index >= 15 is 0 Å². The zero-order valence-corrected chi connectivity index (χ0v) is 11.5. The van der Waals surface area contributed by atoms with Crippen molar-refractivity contribution in [1.29, 1.82) is 0 Å². The standard InChI is InChI=1S/C14H21NOS/c1-11(2)7-8-15(12-5-6-12)10-13(16)14-4-3-9-17-14/h3-4,9,11-12H,5-8,10H2,1-2H3. The molecule has 1 saturated carbocycles. The second-order valence-corrected chi connectivity index (χ2v) is 6.23. The third-order valence-electron chi connectivity index (χ3n) is 3.20. The summed E-state index contributed by atoms with van der Waals surface area (Å²) in [5, 5.41) is 1.98. The molecule has 0 saturated heterocycles. The summed E-state index contributed by atoms with van der Waals surface area (Å²) >= 11 is 1.55. The monoisotopic (exact) mass is 251 g/mol. The lowest BCUT2D eigenvalue weighted by molar-refractivity contribution is 0.0924. The molecule has 0 spiro atoms. The molecule has 1 fully saturated rings. The molecule has 0 aromatic carbocycles. The van der Waals surface area contributed by atoms with E-state index in [4.69, 9.17) is 0 Å². The summed E-state index contributed by atoms with van der Waals surface area (Å²) in [7, 11) is 0. The second kappa shape index (κ2) is 5.78. The van der Waals surface area contributed by atoms with Crippen molar-refractivity contribution in [2.45, 2.75) is 39.2 Å². The fourth-order valence-corrected chi connectivity index (χ4v) is 2.61. The van der Waals surface area contributed by atoms with Crippen LogP contribution in [0.15, 0.2) is 17.5 Å². The third kappa shape index (κ3) is 3.93. The summed E-state index contributed by atoms with van der Waals surface area (Å²) in [6, 6.07) is 4.56. The summed E-state index contributed by atoms with van der Waals surface area (Å²) in [4.78, 5) is 15.3. The van der Waals surface area contributed by atoms with E-state index in [1.165, 1.54) is 19.3 Å². The molecule has 2 nitrogen and oxygen atoms in total. The van der Waals surface area contributed by atoms with Gasteiger partial charge in [0.05, 0.1) is 11.4 Å². The summed E-state index contributed by atoms with van der Waals surface area (Å²) in [6.45, 7) is 6.16. The molecule has 0 amide bonds. The second-order valence-electron chi connectivity index (χ2n) is 5.28. The van der Waals surface area contributed by atoms with Gasteiger partial charge in [-0.05, 0) is 43.2 Å². The number of rotatable bonds is 7. The largest absolute Gasteiger partial charge is 0.293 e. The molecule has 3 heteroatoms. The Morgan fingerprint density at radius 2 is 2.29 bits per heavy atom. The molecule has 0 aliphatic heterocycles. The number of hydrogen-bond acceptors (Lipinski definition) is 3. The Kier molecular flexibility index (Phi) is 4.35. The van der Waals surface area contributed by atoms with Gasteiger partial charge in [0.25, 0.3) is 0 Å². The number of thiophene rings is 1. The van der Waals surface area contributed by atoms with E-state index in [-0.39, 0.29) is 5.78 Å². The van der Waals surface area contributed by atoms with Crippen molar-refractivity contribution in [3.8, 4) is 0 Å². The molecule has 0 atom stereocenters. The molecule has 2 rings (SSSR count). The molecule has 1 aliphatic rings. The molecule has 1 aromatic heterocycles. The molecule has 17 heavy (non-hydrogen) atoms. The van der Waals surface area contributed by atoms with Gasteiger partial charge in [-0.15, -0.1) is 11.3 Å². The number of nitrogens with zero attached hydrogens (tertiary/aromatic N) is 1. The van der Waals surface area contributed by atoms with Crippen LogP contribution in [0, 0.1) is 5.92 Å². The molecule has 0 radical (unpaired) electrons. The molecular formula is C14H21NOS.